The molecule has 0 saturated carbocycles. The van der Waals surface area contributed by atoms with Crippen molar-refractivity contribution >= 4 is 23.1 Å². The lowest BCUT2D eigenvalue weighted by atomic mass is 10.00. The number of benzodiazepines with no additional fused rings is 1. The zero-order valence-electron chi connectivity index (χ0n) is 16.0. The number of aliphatic imine (C=N–C) groups is 1. The van der Waals surface area contributed by atoms with Crippen LogP contribution in [0.2, 0.25) is 0 Å². The fourth-order valence-electron chi connectivity index (χ4n) is 3.48. The van der Waals surface area contributed by atoms with E-state index in [0.717, 1.165) is 16.8 Å². The number of rotatable bonds is 5. The van der Waals surface area contributed by atoms with Crippen LogP contribution in [0.25, 0.3) is 0 Å². The number of anilines is 1. The van der Waals surface area contributed by atoms with E-state index in [0.29, 0.717) is 17.0 Å². The molecule has 0 aliphatic carbocycles. The highest BCUT2D eigenvalue weighted by Crippen LogP contribution is 2.28. The van der Waals surface area contributed by atoms with Gasteiger partial charge in [-0.1, -0.05) is 60.7 Å². The standard InChI is InChI=1S/C24H20N2O3/c1-29-22-14-8-6-12-19(22)21(27)16-26-20-13-7-5-11-18(20)24(25-15-23(26)28)17-9-3-2-4-10-17/h2-14H,15-16H2,1H3. The van der Waals surface area contributed by atoms with Crippen LogP contribution in [0.15, 0.2) is 83.9 Å². The molecule has 1 amide bonds. The molecule has 1 aliphatic heterocycles. The monoisotopic (exact) mass is 384 g/mol. The number of benzene rings is 3. The third-order valence-corrected chi connectivity index (χ3v) is 4.88. The summed E-state index contributed by atoms with van der Waals surface area (Å²) >= 11 is 0. The number of ketones is 1. The Kier molecular flexibility index (Phi) is 5.20. The molecule has 0 atom stereocenters. The highest BCUT2D eigenvalue weighted by molar-refractivity contribution is 6.20. The maximum atomic E-state index is 13.0. The molecule has 0 unspecified atom stereocenters. The Morgan fingerprint density at radius 3 is 2.45 bits per heavy atom. The third-order valence-electron chi connectivity index (χ3n) is 4.88. The van der Waals surface area contributed by atoms with E-state index in [4.69, 9.17) is 4.74 Å². The fraction of sp³-hybridized carbons (Fsp3) is 0.125. The molecular weight excluding hydrogens is 364 g/mol. The minimum Gasteiger partial charge on any atom is -0.496 e. The molecule has 5 nitrogen and oxygen atoms in total. The molecule has 0 aromatic heterocycles. The highest BCUT2D eigenvalue weighted by Gasteiger charge is 2.27. The van der Waals surface area contributed by atoms with E-state index < -0.39 is 0 Å². The molecule has 3 aromatic carbocycles. The summed E-state index contributed by atoms with van der Waals surface area (Å²) in [5, 5.41) is 0. The number of nitrogens with zero attached hydrogens (tertiary/aromatic N) is 2. The first-order valence-corrected chi connectivity index (χ1v) is 9.35. The van der Waals surface area contributed by atoms with Crippen LogP contribution in [0, 0.1) is 0 Å². The lowest BCUT2D eigenvalue weighted by molar-refractivity contribution is -0.117. The summed E-state index contributed by atoms with van der Waals surface area (Å²) in [5.41, 5.74) is 3.65. The molecule has 1 aliphatic rings. The predicted molar refractivity (Wildman–Crippen MR) is 113 cm³/mol. The molecule has 144 valence electrons. The van der Waals surface area contributed by atoms with Crippen molar-refractivity contribution in [2.24, 2.45) is 4.99 Å². The second-order valence-electron chi connectivity index (χ2n) is 6.65. The van der Waals surface area contributed by atoms with Crippen molar-refractivity contribution in [3.05, 3.63) is 95.6 Å². The molecule has 0 bridgehead atoms. The van der Waals surface area contributed by atoms with Gasteiger partial charge in [0.25, 0.3) is 0 Å². The number of amides is 1. The maximum absolute atomic E-state index is 13.0. The van der Waals surface area contributed by atoms with Gasteiger partial charge in [0, 0.05) is 11.1 Å². The van der Waals surface area contributed by atoms with E-state index in [2.05, 4.69) is 4.99 Å². The molecular formula is C24H20N2O3. The maximum Gasteiger partial charge on any atom is 0.249 e. The highest BCUT2D eigenvalue weighted by atomic mass is 16.5. The molecule has 1 heterocycles. The smallest absolute Gasteiger partial charge is 0.249 e. The number of ether oxygens (including phenoxy) is 1. The SMILES string of the molecule is COc1ccccc1C(=O)CN1C(=O)CN=C(c2ccccc2)c2ccccc21. The van der Waals surface area contributed by atoms with Crippen molar-refractivity contribution in [3.63, 3.8) is 0 Å². The van der Waals surface area contributed by atoms with Crippen LogP contribution < -0.4 is 9.64 Å². The lowest BCUT2D eigenvalue weighted by Gasteiger charge is -2.22. The van der Waals surface area contributed by atoms with E-state index >= 15 is 0 Å². The first-order chi connectivity index (χ1) is 14.2. The number of Topliss-reactive ketones (excluding diaryl/α,β-unsaturated/α-hetero) is 1. The molecule has 0 fully saturated rings. The van der Waals surface area contributed by atoms with Crippen LogP contribution in [0.1, 0.15) is 21.5 Å². The van der Waals surface area contributed by atoms with Crippen molar-refractivity contribution in [3.8, 4) is 5.75 Å². The molecule has 4 rings (SSSR count). The Labute approximate surface area is 169 Å². The van der Waals surface area contributed by atoms with Gasteiger partial charge in [0.2, 0.25) is 5.91 Å². The second-order valence-corrected chi connectivity index (χ2v) is 6.65. The predicted octanol–water partition coefficient (Wildman–Crippen LogP) is 3.76. The van der Waals surface area contributed by atoms with E-state index in [1.807, 2.05) is 60.7 Å². The molecule has 0 N–H and O–H groups in total. The van der Waals surface area contributed by atoms with Crippen molar-refractivity contribution < 1.29 is 14.3 Å². The summed E-state index contributed by atoms with van der Waals surface area (Å²) in [6, 6.07) is 24.4. The van der Waals surface area contributed by atoms with Crippen LogP contribution in [0.5, 0.6) is 5.75 Å². The van der Waals surface area contributed by atoms with Crippen LogP contribution >= 0.6 is 0 Å². The minimum atomic E-state index is -0.216. The first kappa shape index (κ1) is 18.6. The summed E-state index contributed by atoms with van der Waals surface area (Å²) in [6.07, 6.45) is 0. The number of para-hydroxylation sites is 2. The minimum absolute atomic E-state index is 0.0158. The average molecular weight is 384 g/mol. The van der Waals surface area contributed by atoms with Crippen molar-refractivity contribution in [2.75, 3.05) is 25.1 Å². The van der Waals surface area contributed by atoms with Gasteiger partial charge in [-0.25, -0.2) is 0 Å². The van der Waals surface area contributed by atoms with E-state index in [-0.39, 0.29) is 24.8 Å². The van der Waals surface area contributed by atoms with Crippen LogP contribution in [-0.4, -0.2) is 37.6 Å². The van der Waals surface area contributed by atoms with E-state index in [1.54, 1.807) is 18.2 Å². The number of hydrogen-bond acceptors (Lipinski definition) is 4. The number of fused-ring (bicyclic) bond motifs is 1. The largest absolute Gasteiger partial charge is 0.496 e. The third kappa shape index (κ3) is 3.67. The molecule has 0 saturated heterocycles. The Morgan fingerprint density at radius 1 is 0.966 bits per heavy atom. The van der Waals surface area contributed by atoms with Gasteiger partial charge in [-0.2, -0.15) is 0 Å². The summed E-state index contributed by atoms with van der Waals surface area (Å²) < 4.78 is 5.30. The summed E-state index contributed by atoms with van der Waals surface area (Å²) in [5.74, 6) is 0.0923. The molecule has 3 aromatic rings. The summed E-state index contributed by atoms with van der Waals surface area (Å²) in [7, 11) is 1.53. The van der Waals surface area contributed by atoms with Crippen molar-refractivity contribution in [2.45, 2.75) is 0 Å². The van der Waals surface area contributed by atoms with E-state index in [1.165, 1.54) is 12.0 Å². The normalized spacial score (nSPS) is 13.3. The quantitative estimate of drug-likeness (QED) is 0.630. The summed E-state index contributed by atoms with van der Waals surface area (Å²) in [6.45, 7) is -0.0913. The van der Waals surface area contributed by atoms with Crippen LogP contribution in [0.3, 0.4) is 0 Å². The zero-order valence-corrected chi connectivity index (χ0v) is 16.0. The fourth-order valence-corrected chi connectivity index (χ4v) is 3.48. The van der Waals surface area contributed by atoms with Gasteiger partial charge >= 0.3 is 0 Å². The number of carbonyl (C=O) groups is 2. The van der Waals surface area contributed by atoms with Crippen LogP contribution in [-0.2, 0) is 4.79 Å². The molecule has 29 heavy (non-hydrogen) atoms. The van der Waals surface area contributed by atoms with Gasteiger partial charge in [-0.05, 0) is 18.2 Å². The average Bonchev–Trinajstić information content (AvgIpc) is 2.91. The Hall–Kier alpha value is -3.73. The zero-order chi connectivity index (χ0) is 20.2. The molecule has 0 spiro atoms. The first-order valence-electron chi connectivity index (χ1n) is 9.35. The van der Waals surface area contributed by atoms with Crippen LogP contribution in [0.4, 0.5) is 5.69 Å². The van der Waals surface area contributed by atoms with E-state index in [9.17, 15) is 9.59 Å². The Morgan fingerprint density at radius 2 is 1.66 bits per heavy atom. The number of carbonyl (C=O) groups excluding carboxylic acids is 2. The van der Waals surface area contributed by atoms with Gasteiger partial charge in [0.15, 0.2) is 5.78 Å². The Balaban J connectivity index is 1.73. The van der Waals surface area contributed by atoms with Crippen molar-refractivity contribution in [1.82, 2.24) is 0 Å². The summed E-state index contributed by atoms with van der Waals surface area (Å²) in [4.78, 5) is 32.0. The van der Waals surface area contributed by atoms with Gasteiger partial charge in [-0.15, -0.1) is 0 Å². The van der Waals surface area contributed by atoms with Gasteiger partial charge in [0.05, 0.1) is 30.6 Å². The second kappa shape index (κ2) is 8.10. The number of hydrogen-bond donors (Lipinski definition) is 0. The Bertz CT molecular complexity index is 1090. The topological polar surface area (TPSA) is 59.0 Å². The lowest BCUT2D eigenvalue weighted by Crippen LogP contribution is -2.37. The van der Waals surface area contributed by atoms with Crippen molar-refractivity contribution in [1.29, 1.82) is 0 Å². The molecule has 0 radical (unpaired) electrons. The van der Waals surface area contributed by atoms with Gasteiger partial charge in [0.1, 0.15) is 12.3 Å². The number of methoxy groups -OCH3 is 1. The molecule has 5 heteroatoms. The van der Waals surface area contributed by atoms with Gasteiger partial charge < -0.3 is 9.64 Å². The van der Waals surface area contributed by atoms with Gasteiger partial charge in [-0.3, -0.25) is 14.6 Å².